The summed E-state index contributed by atoms with van der Waals surface area (Å²) in [5, 5.41) is 9.07. The Morgan fingerprint density at radius 1 is 1.54 bits per heavy atom. The Bertz CT molecular complexity index is 731. The van der Waals surface area contributed by atoms with Crippen LogP contribution < -0.4 is 0 Å². The van der Waals surface area contributed by atoms with Gasteiger partial charge in [-0.2, -0.15) is 5.26 Å². The number of carbonyl (C=O) groups excluding carboxylic acids is 1. The van der Waals surface area contributed by atoms with Crippen molar-refractivity contribution in [3.05, 3.63) is 34.7 Å². The van der Waals surface area contributed by atoms with Gasteiger partial charge in [0, 0.05) is 30.7 Å². The monoisotopic (exact) mass is 326 g/mol. The molecule has 24 heavy (non-hydrogen) atoms. The normalized spacial score (nSPS) is 24.7. The Labute approximate surface area is 142 Å². The molecular weight excluding hydrogens is 304 g/mol. The van der Waals surface area contributed by atoms with Gasteiger partial charge in [0.25, 0.3) is 0 Å². The fourth-order valence-electron chi connectivity index (χ4n) is 3.69. The molecule has 0 aromatic carbocycles. The second-order valence-corrected chi connectivity index (χ2v) is 7.05. The molecular formula is C19H22N2O3. The van der Waals surface area contributed by atoms with Gasteiger partial charge < -0.3 is 9.47 Å². The molecule has 1 saturated heterocycles. The maximum atomic E-state index is 12.0. The van der Waals surface area contributed by atoms with E-state index < -0.39 is 0 Å². The Balaban J connectivity index is 1.93. The molecule has 0 spiro atoms. The predicted octanol–water partition coefficient (Wildman–Crippen LogP) is 3.32. The van der Waals surface area contributed by atoms with E-state index in [9.17, 15) is 4.79 Å². The summed E-state index contributed by atoms with van der Waals surface area (Å²) in [5.74, 6) is -0.281. The fourth-order valence-corrected chi connectivity index (χ4v) is 3.69. The van der Waals surface area contributed by atoms with Crippen LogP contribution in [0.5, 0.6) is 0 Å². The van der Waals surface area contributed by atoms with Crippen molar-refractivity contribution in [1.29, 1.82) is 5.26 Å². The van der Waals surface area contributed by atoms with Gasteiger partial charge in [0.2, 0.25) is 0 Å². The lowest BCUT2D eigenvalue weighted by molar-refractivity contribution is -0.136. The zero-order valence-corrected chi connectivity index (χ0v) is 14.3. The average Bonchev–Trinajstić information content (AvgIpc) is 2.91. The fraction of sp³-hybridized carbons (Fsp3) is 0.526. The van der Waals surface area contributed by atoms with Gasteiger partial charge in [-0.15, -0.1) is 0 Å². The second-order valence-electron chi connectivity index (χ2n) is 7.05. The van der Waals surface area contributed by atoms with Crippen molar-refractivity contribution < 1.29 is 14.3 Å². The molecule has 0 saturated carbocycles. The molecule has 5 heteroatoms. The van der Waals surface area contributed by atoms with Gasteiger partial charge in [-0.1, -0.05) is 0 Å². The van der Waals surface area contributed by atoms with E-state index in [0.29, 0.717) is 11.5 Å². The Morgan fingerprint density at radius 2 is 2.33 bits per heavy atom. The lowest BCUT2D eigenvalue weighted by Crippen LogP contribution is -2.33. The van der Waals surface area contributed by atoms with Crippen molar-refractivity contribution in [3.63, 3.8) is 0 Å². The molecule has 126 valence electrons. The molecule has 2 aliphatic rings. The average molecular weight is 326 g/mol. The van der Waals surface area contributed by atoms with Gasteiger partial charge in [0.1, 0.15) is 0 Å². The standard InChI is InChI=1S/C19H22N2O3/c1-19(2)10-12(5-7-24-19)14-8-13-9-16(18(22)23-3)15(4-6-20)17(13)21-11-14/h8-9,11-12,15H,4-5,7,10H2,1-3H3. The Kier molecular flexibility index (Phi) is 4.42. The Morgan fingerprint density at radius 3 is 3.00 bits per heavy atom. The number of esters is 1. The molecule has 1 aliphatic heterocycles. The van der Waals surface area contributed by atoms with E-state index in [0.717, 1.165) is 30.7 Å². The number of fused-ring (bicyclic) bond motifs is 1. The number of hydrogen-bond acceptors (Lipinski definition) is 5. The zero-order valence-electron chi connectivity index (χ0n) is 14.3. The minimum atomic E-state index is -0.387. The molecule has 0 amide bonds. The number of rotatable bonds is 3. The highest BCUT2D eigenvalue weighted by Crippen LogP contribution is 2.41. The van der Waals surface area contributed by atoms with Crippen LogP contribution in [0.3, 0.4) is 0 Å². The zero-order chi connectivity index (χ0) is 17.3. The van der Waals surface area contributed by atoms with Gasteiger partial charge in [0.05, 0.1) is 24.5 Å². The van der Waals surface area contributed by atoms with Crippen LogP contribution in [-0.2, 0) is 14.3 Å². The summed E-state index contributed by atoms with van der Waals surface area (Å²) in [4.78, 5) is 16.6. The van der Waals surface area contributed by atoms with Crippen LogP contribution in [0, 0.1) is 11.3 Å². The Hall–Kier alpha value is -2.19. The van der Waals surface area contributed by atoms with Gasteiger partial charge in [-0.25, -0.2) is 4.79 Å². The number of methoxy groups -OCH3 is 1. The summed E-state index contributed by atoms with van der Waals surface area (Å²) in [6.07, 6.45) is 5.86. The van der Waals surface area contributed by atoms with Crippen LogP contribution >= 0.6 is 0 Å². The molecule has 2 atom stereocenters. The van der Waals surface area contributed by atoms with Gasteiger partial charge in [-0.05, 0) is 55.9 Å². The lowest BCUT2D eigenvalue weighted by Gasteiger charge is -2.35. The van der Waals surface area contributed by atoms with E-state index in [1.54, 1.807) is 0 Å². The quantitative estimate of drug-likeness (QED) is 0.797. The molecule has 1 aromatic heterocycles. The van der Waals surface area contributed by atoms with Crippen molar-refractivity contribution in [2.75, 3.05) is 13.7 Å². The minimum Gasteiger partial charge on any atom is -0.466 e. The number of pyridine rings is 1. The molecule has 2 heterocycles. The number of ether oxygens (including phenoxy) is 2. The van der Waals surface area contributed by atoms with E-state index >= 15 is 0 Å². The van der Waals surface area contributed by atoms with E-state index in [1.807, 2.05) is 12.3 Å². The number of hydrogen-bond donors (Lipinski definition) is 0. The molecule has 3 rings (SSSR count). The smallest absolute Gasteiger partial charge is 0.334 e. The number of nitrogens with zero attached hydrogens (tertiary/aromatic N) is 2. The first kappa shape index (κ1) is 16.7. The SMILES string of the molecule is COC(=O)C1=Cc2cc(C3CCOC(C)(C)C3)cnc2C1CC#N. The number of aromatic nitrogens is 1. The highest BCUT2D eigenvalue weighted by molar-refractivity contribution is 5.98. The topological polar surface area (TPSA) is 72.2 Å². The first-order valence-electron chi connectivity index (χ1n) is 8.26. The molecule has 1 aliphatic carbocycles. The minimum absolute atomic E-state index is 0.127. The van der Waals surface area contributed by atoms with Crippen LogP contribution in [-0.4, -0.2) is 30.3 Å². The molecule has 1 fully saturated rings. The summed E-state index contributed by atoms with van der Waals surface area (Å²) in [6, 6.07) is 4.25. The molecule has 2 unspecified atom stereocenters. The maximum absolute atomic E-state index is 12.0. The van der Waals surface area contributed by atoms with Crippen LogP contribution in [0.1, 0.15) is 61.8 Å². The second kappa shape index (κ2) is 6.37. The van der Waals surface area contributed by atoms with Crippen LogP contribution in [0.2, 0.25) is 0 Å². The van der Waals surface area contributed by atoms with Crippen molar-refractivity contribution >= 4 is 12.0 Å². The highest BCUT2D eigenvalue weighted by atomic mass is 16.5. The number of nitriles is 1. The van der Waals surface area contributed by atoms with Gasteiger partial charge >= 0.3 is 5.97 Å². The summed E-state index contributed by atoms with van der Waals surface area (Å²) < 4.78 is 10.6. The largest absolute Gasteiger partial charge is 0.466 e. The van der Waals surface area contributed by atoms with E-state index in [-0.39, 0.29) is 23.9 Å². The van der Waals surface area contributed by atoms with Crippen molar-refractivity contribution in [1.82, 2.24) is 4.98 Å². The van der Waals surface area contributed by atoms with E-state index in [4.69, 9.17) is 14.7 Å². The molecule has 0 N–H and O–H groups in total. The van der Waals surface area contributed by atoms with Crippen LogP contribution in [0.15, 0.2) is 17.8 Å². The van der Waals surface area contributed by atoms with Crippen LogP contribution in [0.25, 0.3) is 6.08 Å². The predicted molar refractivity (Wildman–Crippen MR) is 89.2 cm³/mol. The van der Waals surface area contributed by atoms with Crippen molar-refractivity contribution in [2.24, 2.45) is 0 Å². The van der Waals surface area contributed by atoms with Crippen LogP contribution in [0.4, 0.5) is 0 Å². The van der Waals surface area contributed by atoms with Crippen molar-refractivity contribution in [2.45, 2.75) is 50.5 Å². The first-order valence-corrected chi connectivity index (χ1v) is 8.26. The molecule has 0 bridgehead atoms. The molecule has 1 aromatic rings. The molecule has 0 radical (unpaired) electrons. The number of carbonyl (C=O) groups is 1. The highest BCUT2D eigenvalue weighted by Gasteiger charge is 2.34. The molecule has 5 nitrogen and oxygen atoms in total. The lowest BCUT2D eigenvalue weighted by atomic mass is 9.83. The third-order valence-corrected chi connectivity index (χ3v) is 4.87. The summed E-state index contributed by atoms with van der Waals surface area (Å²) in [7, 11) is 1.36. The summed E-state index contributed by atoms with van der Waals surface area (Å²) in [5.41, 5.74) is 3.29. The van der Waals surface area contributed by atoms with Gasteiger partial charge in [0.15, 0.2) is 0 Å². The van der Waals surface area contributed by atoms with Crippen molar-refractivity contribution in [3.8, 4) is 6.07 Å². The summed E-state index contributed by atoms with van der Waals surface area (Å²) >= 11 is 0. The van der Waals surface area contributed by atoms with E-state index in [1.165, 1.54) is 12.7 Å². The maximum Gasteiger partial charge on any atom is 0.334 e. The third-order valence-electron chi connectivity index (χ3n) is 4.87. The summed E-state index contributed by atoms with van der Waals surface area (Å²) in [6.45, 7) is 4.96. The van der Waals surface area contributed by atoms with E-state index in [2.05, 4.69) is 31.0 Å². The third kappa shape index (κ3) is 3.07. The van der Waals surface area contributed by atoms with Gasteiger partial charge in [-0.3, -0.25) is 4.98 Å². The first-order chi connectivity index (χ1) is 11.4.